The third-order valence-corrected chi connectivity index (χ3v) is 2.33. The highest BCUT2D eigenvalue weighted by Crippen LogP contribution is 2.05. The molecule has 0 saturated heterocycles. The predicted octanol–water partition coefficient (Wildman–Crippen LogP) is 2.14. The summed E-state index contributed by atoms with van der Waals surface area (Å²) in [5.41, 5.74) is 0.0718. The third kappa shape index (κ3) is 8.03. The third-order valence-electron chi connectivity index (χ3n) is 1.48. The topological polar surface area (TPSA) is 57.5 Å². The van der Waals surface area contributed by atoms with Gasteiger partial charge in [0.2, 0.25) is 0 Å². The van der Waals surface area contributed by atoms with Gasteiger partial charge in [0.1, 0.15) is 0 Å². The molecule has 0 amide bonds. The molecule has 0 saturated carbocycles. The van der Waals surface area contributed by atoms with E-state index in [0.29, 0.717) is 5.75 Å². The van der Waals surface area contributed by atoms with E-state index in [4.69, 9.17) is 10.2 Å². The van der Waals surface area contributed by atoms with Crippen LogP contribution < -0.4 is 0 Å². The highest BCUT2D eigenvalue weighted by molar-refractivity contribution is 8.00. The second-order valence-electron chi connectivity index (χ2n) is 2.80. The fraction of sp³-hybridized carbons (Fsp3) is 0.364. The molecule has 0 aromatic heterocycles. The Bertz CT molecular complexity index is 274. The van der Waals surface area contributed by atoms with Crippen LogP contribution in [0.5, 0.6) is 0 Å². The summed E-state index contributed by atoms with van der Waals surface area (Å²) in [6.07, 6.45) is 0. The zero-order valence-electron chi connectivity index (χ0n) is 8.88. The predicted molar refractivity (Wildman–Crippen MR) is 63.0 cm³/mol. The molecule has 1 atom stereocenters. The lowest BCUT2D eigenvalue weighted by molar-refractivity contribution is -0.141. The molecule has 0 spiro atoms. The van der Waals surface area contributed by atoms with Crippen molar-refractivity contribution < 1.29 is 15.0 Å². The van der Waals surface area contributed by atoms with Crippen LogP contribution in [0.25, 0.3) is 0 Å². The summed E-state index contributed by atoms with van der Waals surface area (Å²) >= 11 is 0.995. The summed E-state index contributed by atoms with van der Waals surface area (Å²) in [5, 5.41) is 16.5. The molecular formula is C11H16O3S. The maximum absolute atomic E-state index is 9.82. The van der Waals surface area contributed by atoms with E-state index in [1.807, 2.05) is 18.2 Å². The van der Waals surface area contributed by atoms with Gasteiger partial charge in [-0.15, -0.1) is 11.8 Å². The Hall–Kier alpha value is -1.00. The first-order valence-electron chi connectivity index (χ1n) is 4.62. The summed E-state index contributed by atoms with van der Waals surface area (Å²) in [6, 6.07) is 10.3. The van der Waals surface area contributed by atoms with E-state index in [9.17, 15) is 4.79 Å². The SMILES string of the molecule is CCSC(O)C(=O)O.Cc1ccccc1. The van der Waals surface area contributed by atoms with Crippen molar-refractivity contribution in [2.24, 2.45) is 0 Å². The van der Waals surface area contributed by atoms with Crippen LogP contribution in [0, 0.1) is 6.92 Å². The number of aliphatic hydroxyl groups is 1. The second kappa shape index (κ2) is 8.32. The second-order valence-corrected chi connectivity index (χ2v) is 4.16. The fourth-order valence-electron chi connectivity index (χ4n) is 0.764. The largest absolute Gasteiger partial charge is 0.479 e. The van der Waals surface area contributed by atoms with Crippen LogP contribution in [0.15, 0.2) is 30.3 Å². The summed E-state index contributed by atoms with van der Waals surface area (Å²) < 4.78 is 0. The molecule has 1 unspecified atom stereocenters. The standard InChI is InChI=1S/C7H8.C4H8O3S/c1-7-5-3-2-4-6-7;1-2-8-4(7)3(5)6/h2-6H,1H3;4,7H,2H2,1H3,(H,5,6). The molecule has 4 heteroatoms. The van der Waals surface area contributed by atoms with E-state index in [1.165, 1.54) is 5.56 Å². The number of thioether (sulfide) groups is 1. The number of carbonyl (C=O) groups is 1. The van der Waals surface area contributed by atoms with E-state index in [2.05, 4.69) is 19.1 Å². The number of rotatable bonds is 3. The van der Waals surface area contributed by atoms with E-state index >= 15 is 0 Å². The van der Waals surface area contributed by atoms with E-state index in [1.54, 1.807) is 6.92 Å². The highest BCUT2D eigenvalue weighted by atomic mass is 32.2. The minimum absolute atomic E-state index is 0.619. The summed E-state index contributed by atoms with van der Waals surface area (Å²) in [7, 11) is 0. The summed E-state index contributed by atoms with van der Waals surface area (Å²) in [6.45, 7) is 3.87. The van der Waals surface area contributed by atoms with Gasteiger partial charge in [-0.25, -0.2) is 4.79 Å². The molecule has 0 heterocycles. The Balaban J connectivity index is 0.000000262. The van der Waals surface area contributed by atoms with Crippen molar-refractivity contribution in [2.45, 2.75) is 19.3 Å². The number of hydrogen-bond donors (Lipinski definition) is 2. The van der Waals surface area contributed by atoms with Gasteiger partial charge in [0.15, 0.2) is 5.44 Å². The van der Waals surface area contributed by atoms with Crippen molar-refractivity contribution >= 4 is 17.7 Å². The molecule has 2 N–H and O–H groups in total. The van der Waals surface area contributed by atoms with Gasteiger partial charge in [0.25, 0.3) is 0 Å². The molecule has 0 radical (unpaired) electrons. The van der Waals surface area contributed by atoms with Crippen LogP contribution in [0.2, 0.25) is 0 Å². The maximum atomic E-state index is 9.82. The number of benzene rings is 1. The first kappa shape index (κ1) is 14.0. The molecular weight excluding hydrogens is 212 g/mol. The first-order valence-corrected chi connectivity index (χ1v) is 5.67. The van der Waals surface area contributed by atoms with E-state index in [-0.39, 0.29) is 0 Å². The lowest BCUT2D eigenvalue weighted by Gasteiger charge is -1.99. The molecule has 0 bridgehead atoms. The van der Waals surface area contributed by atoms with Gasteiger partial charge in [-0.1, -0.05) is 42.8 Å². The van der Waals surface area contributed by atoms with Crippen molar-refractivity contribution in [3.8, 4) is 0 Å². The Labute approximate surface area is 94.1 Å². The van der Waals surface area contributed by atoms with Crippen molar-refractivity contribution in [3.05, 3.63) is 35.9 Å². The lowest BCUT2D eigenvalue weighted by atomic mass is 10.2. The number of aliphatic carboxylic acids is 1. The van der Waals surface area contributed by atoms with Gasteiger partial charge >= 0.3 is 5.97 Å². The van der Waals surface area contributed by atoms with Gasteiger partial charge in [0.05, 0.1) is 0 Å². The van der Waals surface area contributed by atoms with E-state index in [0.717, 1.165) is 11.8 Å². The average Bonchev–Trinajstić information content (AvgIpc) is 2.20. The highest BCUT2D eigenvalue weighted by Gasteiger charge is 2.10. The maximum Gasteiger partial charge on any atom is 0.343 e. The van der Waals surface area contributed by atoms with Gasteiger partial charge in [-0.2, -0.15) is 0 Å². The number of carboxylic acid groups (broad SMARTS) is 1. The normalized spacial score (nSPS) is 11.1. The van der Waals surface area contributed by atoms with Gasteiger partial charge in [0, 0.05) is 0 Å². The number of aliphatic hydroxyl groups excluding tert-OH is 1. The minimum Gasteiger partial charge on any atom is -0.479 e. The summed E-state index contributed by atoms with van der Waals surface area (Å²) in [5.74, 6) is -0.551. The monoisotopic (exact) mass is 228 g/mol. The molecule has 1 aromatic carbocycles. The van der Waals surface area contributed by atoms with Crippen LogP contribution in [-0.2, 0) is 4.79 Å². The zero-order valence-corrected chi connectivity index (χ0v) is 9.70. The Morgan fingerprint density at radius 1 is 1.40 bits per heavy atom. The number of hydrogen-bond acceptors (Lipinski definition) is 3. The van der Waals surface area contributed by atoms with Crippen molar-refractivity contribution in [2.75, 3.05) is 5.75 Å². The van der Waals surface area contributed by atoms with Gasteiger partial charge in [-0.05, 0) is 12.7 Å². The van der Waals surface area contributed by atoms with Crippen molar-refractivity contribution in [1.82, 2.24) is 0 Å². The Kier molecular flexibility index (Phi) is 7.77. The summed E-state index contributed by atoms with van der Waals surface area (Å²) in [4.78, 5) is 9.82. The van der Waals surface area contributed by atoms with Crippen LogP contribution in [0.3, 0.4) is 0 Å². The number of aryl methyl sites for hydroxylation is 1. The molecule has 1 rings (SSSR count). The molecule has 0 fully saturated rings. The van der Waals surface area contributed by atoms with Crippen LogP contribution in [0.4, 0.5) is 0 Å². The molecule has 3 nitrogen and oxygen atoms in total. The minimum atomic E-state index is -1.25. The van der Waals surface area contributed by atoms with E-state index < -0.39 is 11.4 Å². The quantitative estimate of drug-likeness (QED) is 0.778. The molecule has 0 aliphatic rings. The average molecular weight is 228 g/mol. The Morgan fingerprint density at radius 2 is 1.93 bits per heavy atom. The smallest absolute Gasteiger partial charge is 0.343 e. The van der Waals surface area contributed by atoms with Gasteiger partial charge in [-0.3, -0.25) is 0 Å². The van der Waals surface area contributed by atoms with Crippen LogP contribution >= 0.6 is 11.8 Å². The molecule has 84 valence electrons. The molecule has 0 aliphatic carbocycles. The Morgan fingerprint density at radius 3 is 2.13 bits per heavy atom. The first-order chi connectivity index (χ1) is 7.07. The molecule has 0 aliphatic heterocycles. The fourth-order valence-corrected chi connectivity index (χ4v) is 1.22. The molecule has 1 aromatic rings. The zero-order chi connectivity index (χ0) is 11.7. The van der Waals surface area contributed by atoms with Crippen LogP contribution in [0.1, 0.15) is 12.5 Å². The number of carboxylic acids is 1. The molecule has 15 heavy (non-hydrogen) atoms. The van der Waals surface area contributed by atoms with Crippen LogP contribution in [-0.4, -0.2) is 27.4 Å². The van der Waals surface area contributed by atoms with Gasteiger partial charge < -0.3 is 10.2 Å². The van der Waals surface area contributed by atoms with Crippen molar-refractivity contribution in [1.29, 1.82) is 0 Å². The van der Waals surface area contributed by atoms with Crippen molar-refractivity contribution in [3.63, 3.8) is 0 Å². The lowest BCUT2D eigenvalue weighted by Crippen LogP contribution is -2.14.